The van der Waals surface area contributed by atoms with Gasteiger partial charge in [0, 0.05) is 18.7 Å². The Labute approximate surface area is 125 Å². The summed E-state index contributed by atoms with van der Waals surface area (Å²) in [6, 6.07) is 3.86. The van der Waals surface area contributed by atoms with Crippen LogP contribution in [0.4, 0.5) is 5.95 Å². The van der Waals surface area contributed by atoms with E-state index in [0.717, 1.165) is 17.6 Å². The monoisotopic (exact) mass is 289 g/mol. The van der Waals surface area contributed by atoms with E-state index in [1.54, 1.807) is 14.2 Å². The van der Waals surface area contributed by atoms with Crippen LogP contribution in [0, 0.1) is 5.41 Å². The molecular formula is C16H23N3O2. The van der Waals surface area contributed by atoms with E-state index in [-0.39, 0.29) is 0 Å². The molecule has 0 radical (unpaired) electrons. The van der Waals surface area contributed by atoms with E-state index in [0.29, 0.717) is 22.9 Å². The number of aromatic nitrogens is 2. The first-order chi connectivity index (χ1) is 10.1. The SMILES string of the molecule is CCC1(Cn2c(N)nc3cc(OC)c(OC)cc32)CCC1. The molecule has 114 valence electrons. The van der Waals surface area contributed by atoms with Crippen LogP contribution in [0.1, 0.15) is 32.6 Å². The molecule has 2 aromatic rings. The highest BCUT2D eigenvalue weighted by Crippen LogP contribution is 2.46. The van der Waals surface area contributed by atoms with E-state index >= 15 is 0 Å². The Bertz CT molecular complexity index is 654. The number of hydrogen-bond donors (Lipinski definition) is 1. The fraction of sp³-hybridized carbons (Fsp3) is 0.562. The van der Waals surface area contributed by atoms with Gasteiger partial charge in [-0.25, -0.2) is 4.98 Å². The molecule has 1 aliphatic carbocycles. The quantitative estimate of drug-likeness (QED) is 0.918. The smallest absolute Gasteiger partial charge is 0.201 e. The minimum atomic E-state index is 0.384. The summed E-state index contributed by atoms with van der Waals surface area (Å²) in [6.45, 7) is 3.19. The van der Waals surface area contributed by atoms with Crippen molar-refractivity contribution in [3.8, 4) is 11.5 Å². The van der Waals surface area contributed by atoms with Gasteiger partial charge in [0.25, 0.3) is 0 Å². The van der Waals surface area contributed by atoms with Gasteiger partial charge in [0.1, 0.15) is 0 Å². The molecule has 0 bridgehead atoms. The molecule has 1 fully saturated rings. The van der Waals surface area contributed by atoms with Crippen molar-refractivity contribution in [2.75, 3.05) is 20.0 Å². The Morgan fingerprint density at radius 3 is 2.43 bits per heavy atom. The van der Waals surface area contributed by atoms with Crippen molar-refractivity contribution in [1.29, 1.82) is 0 Å². The lowest BCUT2D eigenvalue weighted by atomic mass is 9.67. The van der Waals surface area contributed by atoms with Crippen LogP contribution in [0.2, 0.25) is 0 Å². The second-order valence-electron chi connectivity index (χ2n) is 5.96. The summed E-state index contributed by atoms with van der Waals surface area (Å²) in [6.07, 6.45) is 5.04. The zero-order valence-electron chi connectivity index (χ0n) is 13.0. The number of fused-ring (bicyclic) bond motifs is 1. The average molecular weight is 289 g/mol. The van der Waals surface area contributed by atoms with Gasteiger partial charge < -0.3 is 19.8 Å². The van der Waals surface area contributed by atoms with Crippen molar-refractivity contribution < 1.29 is 9.47 Å². The van der Waals surface area contributed by atoms with Gasteiger partial charge in [-0.15, -0.1) is 0 Å². The van der Waals surface area contributed by atoms with Crippen molar-refractivity contribution in [3.63, 3.8) is 0 Å². The van der Waals surface area contributed by atoms with Gasteiger partial charge in [-0.2, -0.15) is 0 Å². The van der Waals surface area contributed by atoms with Crippen LogP contribution in [-0.4, -0.2) is 23.8 Å². The number of nitrogens with two attached hydrogens (primary N) is 1. The normalized spacial score (nSPS) is 16.7. The van der Waals surface area contributed by atoms with Crippen molar-refractivity contribution in [2.45, 2.75) is 39.2 Å². The Morgan fingerprint density at radius 1 is 1.24 bits per heavy atom. The topological polar surface area (TPSA) is 62.3 Å². The van der Waals surface area contributed by atoms with Crippen molar-refractivity contribution in [1.82, 2.24) is 9.55 Å². The first-order valence-electron chi connectivity index (χ1n) is 7.50. The summed E-state index contributed by atoms with van der Waals surface area (Å²) < 4.78 is 12.9. The lowest BCUT2D eigenvalue weighted by Gasteiger charge is -2.41. The molecule has 3 rings (SSSR count). The molecule has 1 aromatic carbocycles. The molecule has 0 aliphatic heterocycles. The van der Waals surface area contributed by atoms with Gasteiger partial charge in [-0.1, -0.05) is 13.3 Å². The Morgan fingerprint density at radius 2 is 1.90 bits per heavy atom. The number of imidazole rings is 1. The largest absolute Gasteiger partial charge is 0.493 e. The predicted octanol–water partition coefficient (Wildman–Crippen LogP) is 3.22. The highest BCUT2D eigenvalue weighted by molar-refractivity contribution is 5.82. The van der Waals surface area contributed by atoms with Gasteiger partial charge in [0.05, 0.1) is 25.3 Å². The third-order valence-corrected chi connectivity index (χ3v) is 4.94. The van der Waals surface area contributed by atoms with Gasteiger partial charge in [0.15, 0.2) is 11.5 Å². The number of hydrogen-bond acceptors (Lipinski definition) is 4. The lowest BCUT2D eigenvalue weighted by molar-refractivity contribution is 0.103. The predicted molar refractivity (Wildman–Crippen MR) is 83.8 cm³/mol. The van der Waals surface area contributed by atoms with Crippen LogP contribution >= 0.6 is 0 Å². The molecule has 0 amide bonds. The van der Waals surface area contributed by atoms with Crippen LogP contribution < -0.4 is 15.2 Å². The van der Waals surface area contributed by atoms with Crippen LogP contribution in [-0.2, 0) is 6.54 Å². The van der Waals surface area contributed by atoms with E-state index in [1.165, 1.54) is 25.7 Å². The molecule has 0 atom stereocenters. The van der Waals surface area contributed by atoms with Crippen molar-refractivity contribution in [2.24, 2.45) is 5.41 Å². The number of nitrogens with zero attached hydrogens (tertiary/aromatic N) is 2. The molecule has 5 nitrogen and oxygen atoms in total. The summed E-state index contributed by atoms with van der Waals surface area (Å²) in [4.78, 5) is 4.48. The van der Waals surface area contributed by atoms with E-state index in [9.17, 15) is 0 Å². The first-order valence-corrected chi connectivity index (χ1v) is 7.50. The molecule has 1 heterocycles. The maximum atomic E-state index is 6.15. The molecule has 1 aromatic heterocycles. The van der Waals surface area contributed by atoms with Crippen LogP contribution in [0.3, 0.4) is 0 Å². The fourth-order valence-electron chi connectivity index (χ4n) is 3.27. The number of benzene rings is 1. The summed E-state index contributed by atoms with van der Waals surface area (Å²) in [5, 5.41) is 0. The summed E-state index contributed by atoms with van der Waals surface area (Å²) in [5.74, 6) is 1.97. The minimum Gasteiger partial charge on any atom is -0.493 e. The Hall–Kier alpha value is -1.91. The average Bonchev–Trinajstić information content (AvgIpc) is 2.76. The van der Waals surface area contributed by atoms with E-state index < -0.39 is 0 Å². The Balaban J connectivity index is 2.07. The molecule has 0 spiro atoms. The van der Waals surface area contributed by atoms with Crippen LogP contribution in [0.5, 0.6) is 11.5 Å². The van der Waals surface area contributed by atoms with E-state index in [4.69, 9.17) is 15.2 Å². The summed E-state index contributed by atoms with van der Waals surface area (Å²) in [7, 11) is 3.28. The number of nitrogen functional groups attached to an aromatic ring is 1. The zero-order chi connectivity index (χ0) is 15.0. The van der Waals surface area contributed by atoms with Crippen molar-refractivity contribution in [3.05, 3.63) is 12.1 Å². The number of ether oxygens (including phenoxy) is 2. The van der Waals surface area contributed by atoms with Gasteiger partial charge in [0.2, 0.25) is 5.95 Å². The summed E-state index contributed by atoms with van der Waals surface area (Å²) in [5.41, 5.74) is 8.41. The fourth-order valence-corrected chi connectivity index (χ4v) is 3.27. The van der Waals surface area contributed by atoms with Crippen LogP contribution in [0.15, 0.2) is 12.1 Å². The second-order valence-corrected chi connectivity index (χ2v) is 5.96. The van der Waals surface area contributed by atoms with E-state index in [1.807, 2.05) is 12.1 Å². The molecule has 5 heteroatoms. The van der Waals surface area contributed by atoms with Gasteiger partial charge >= 0.3 is 0 Å². The highest BCUT2D eigenvalue weighted by Gasteiger charge is 2.36. The summed E-state index contributed by atoms with van der Waals surface area (Å²) >= 11 is 0. The zero-order valence-corrected chi connectivity index (χ0v) is 13.0. The molecule has 1 aliphatic rings. The molecule has 2 N–H and O–H groups in total. The minimum absolute atomic E-state index is 0.384. The first kappa shape index (κ1) is 14.0. The second kappa shape index (κ2) is 5.13. The Kier molecular flexibility index (Phi) is 3.43. The lowest BCUT2D eigenvalue weighted by Crippen LogP contribution is -2.33. The molecular weight excluding hydrogens is 266 g/mol. The third kappa shape index (κ3) is 2.20. The van der Waals surface area contributed by atoms with E-state index in [2.05, 4.69) is 16.5 Å². The molecule has 1 saturated carbocycles. The maximum absolute atomic E-state index is 6.15. The molecule has 21 heavy (non-hydrogen) atoms. The number of anilines is 1. The standard InChI is InChI=1S/C16H23N3O2/c1-4-16(6-5-7-16)10-19-12-9-14(21-3)13(20-2)8-11(12)18-15(19)17/h8-9H,4-7,10H2,1-3H3,(H2,17,18). The molecule has 0 unspecified atom stereocenters. The van der Waals surface area contributed by atoms with Crippen LogP contribution in [0.25, 0.3) is 11.0 Å². The van der Waals surface area contributed by atoms with Crippen molar-refractivity contribution >= 4 is 17.0 Å². The van der Waals surface area contributed by atoms with Gasteiger partial charge in [-0.05, 0) is 24.7 Å². The maximum Gasteiger partial charge on any atom is 0.201 e. The molecule has 0 saturated heterocycles. The number of methoxy groups -OCH3 is 2. The third-order valence-electron chi connectivity index (χ3n) is 4.94. The highest BCUT2D eigenvalue weighted by atomic mass is 16.5. The number of rotatable bonds is 5. The van der Waals surface area contributed by atoms with Gasteiger partial charge in [-0.3, -0.25) is 0 Å².